The van der Waals surface area contributed by atoms with E-state index in [1.54, 1.807) is 6.07 Å². The highest BCUT2D eigenvalue weighted by atomic mass is 35.5. The summed E-state index contributed by atoms with van der Waals surface area (Å²) in [5.74, 6) is 0.239. The third-order valence-corrected chi connectivity index (χ3v) is 3.71. The monoisotopic (exact) mass is 285 g/mol. The van der Waals surface area contributed by atoms with E-state index < -0.39 is 0 Å². The molecule has 2 rings (SSSR count). The third kappa shape index (κ3) is 3.87. The summed E-state index contributed by atoms with van der Waals surface area (Å²) in [7, 11) is 0. The molecule has 18 heavy (non-hydrogen) atoms. The van der Waals surface area contributed by atoms with Gasteiger partial charge in [-0.05, 0) is 30.5 Å². The third-order valence-electron chi connectivity index (χ3n) is 3.12. The molecule has 0 aliphatic heterocycles. The van der Waals surface area contributed by atoms with Crippen molar-refractivity contribution in [3.63, 3.8) is 0 Å². The van der Waals surface area contributed by atoms with Crippen molar-refractivity contribution >= 4 is 29.0 Å². The SMILES string of the molecule is N=C(N)CCN(Cc1ccc(Cl)cc1Cl)C1CC1. The highest BCUT2D eigenvalue weighted by Crippen LogP contribution is 2.30. The van der Waals surface area contributed by atoms with Crippen LogP contribution in [0.5, 0.6) is 0 Å². The fraction of sp³-hybridized carbons (Fsp3) is 0.462. The Kier molecular flexibility index (Phi) is 4.49. The zero-order valence-electron chi connectivity index (χ0n) is 10.1. The van der Waals surface area contributed by atoms with Gasteiger partial charge in [0.2, 0.25) is 0 Å². The Morgan fingerprint density at radius 1 is 1.39 bits per heavy atom. The number of rotatable bonds is 6. The van der Waals surface area contributed by atoms with Crippen molar-refractivity contribution in [1.29, 1.82) is 5.41 Å². The standard InChI is InChI=1S/C13H17Cl2N3/c14-10-2-1-9(12(15)7-10)8-18(11-3-4-11)6-5-13(16)17/h1-2,7,11H,3-6,8H2,(H3,16,17). The lowest BCUT2D eigenvalue weighted by atomic mass is 10.2. The molecule has 0 saturated heterocycles. The molecule has 0 spiro atoms. The second-order valence-electron chi connectivity index (χ2n) is 4.71. The summed E-state index contributed by atoms with van der Waals surface area (Å²) in [6.45, 7) is 1.62. The van der Waals surface area contributed by atoms with Crippen LogP contribution in [0.25, 0.3) is 0 Å². The smallest absolute Gasteiger partial charge is 0.0918 e. The number of nitrogens with one attached hydrogen (secondary N) is 1. The molecule has 3 nitrogen and oxygen atoms in total. The Balaban J connectivity index is 2.01. The van der Waals surface area contributed by atoms with Crippen LogP contribution in [0.15, 0.2) is 18.2 Å². The number of amidine groups is 1. The lowest BCUT2D eigenvalue weighted by Gasteiger charge is -2.22. The van der Waals surface area contributed by atoms with Crippen molar-refractivity contribution < 1.29 is 0 Å². The van der Waals surface area contributed by atoms with Crippen molar-refractivity contribution in [3.8, 4) is 0 Å². The lowest BCUT2D eigenvalue weighted by Crippen LogP contribution is -2.29. The van der Waals surface area contributed by atoms with E-state index in [1.807, 2.05) is 12.1 Å². The van der Waals surface area contributed by atoms with Gasteiger partial charge in [-0.25, -0.2) is 0 Å². The summed E-state index contributed by atoms with van der Waals surface area (Å²) >= 11 is 12.1. The molecule has 1 aliphatic rings. The van der Waals surface area contributed by atoms with E-state index in [1.165, 1.54) is 12.8 Å². The number of hydrogen-bond acceptors (Lipinski definition) is 2. The molecule has 0 heterocycles. The van der Waals surface area contributed by atoms with E-state index in [0.717, 1.165) is 18.7 Å². The maximum absolute atomic E-state index is 7.31. The summed E-state index contributed by atoms with van der Waals surface area (Å²) in [5.41, 5.74) is 6.50. The molecule has 98 valence electrons. The largest absolute Gasteiger partial charge is 0.388 e. The number of benzene rings is 1. The molecular formula is C13H17Cl2N3. The molecule has 1 aliphatic carbocycles. The molecule has 0 atom stereocenters. The molecule has 5 heteroatoms. The van der Waals surface area contributed by atoms with E-state index in [4.69, 9.17) is 34.3 Å². The van der Waals surface area contributed by atoms with Gasteiger partial charge < -0.3 is 5.73 Å². The quantitative estimate of drug-likeness (QED) is 0.623. The molecule has 1 saturated carbocycles. The molecule has 1 fully saturated rings. The Hall–Kier alpha value is -0.770. The fourth-order valence-corrected chi connectivity index (χ4v) is 2.43. The van der Waals surface area contributed by atoms with Gasteiger partial charge in [-0.3, -0.25) is 10.3 Å². The van der Waals surface area contributed by atoms with Crippen molar-refractivity contribution in [2.45, 2.75) is 31.8 Å². The predicted octanol–water partition coefficient (Wildman–Crippen LogP) is 3.28. The highest BCUT2D eigenvalue weighted by Gasteiger charge is 2.29. The van der Waals surface area contributed by atoms with Gasteiger partial charge in [0.05, 0.1) is 5.84 Å². The van der Waals surface area contributed by atoms with Crippen molar-refractivity contribution in [1.82, 2.24) is 4.90 Å². The van der Waals surface area contributed by atoms with Crippen LogP contribution in [0, 0.1) is 5.41 Å². The van der Waals surface area contributed by atoms with Gasteiger partial charge in [-0.1, -0.05) is 29.3 Å². The van der Waals surface area contributed by atoms with Gasteiger partial charge >= 0.3 is 0 Å². The Morgan fingerprint density at radius 2 is 2.11 bits per heavy atom. The Bertz CT molecular complexity index is 444. The van der Waals surface area contributed by atoms with Crippen LogP contribution in [0.2, 0.25) is 10.0 Å². The predicted molar refractivity (Wildman–Crippen MR) is 76.4 cm³/mol. The van der Waals surface area contributed by atoms with E-state index in [0.29, 0.717) is 22.5 Å². The number of hydrogen-bond donors (Lipinski definition) is 2. The molecule has 0 aromatic heterocycles. The van der Waals surface area contributed by atoms with Crippen molar-refractivity contribution in [2.75, 3.05) is 6.54 Å². The zero-order chi connectivity index (χ0) is 13.1. The lowest BCUT2D eigenvalue weighted by molar-refractivity contribution is 0.262. The Labute approximate surface area is 117 Å². The maximum atomic E-state index is 7.31. The molecule has 3 N–H and O–H groups in total. The van der Waals surface area contributed by atoms with E-state index >= 15 is 0 Å². The summed E-state index contributed by atoms with van der Waals surface area (Å²) < 4.78 is 0. The van der Waals surface area contributed by atoms with Crippen LogP contribution in [0.4, 0.5) is 0 Å². The van der Waals surface area contributed by atoms with Crippen LogP contribution < -0.4 is 5.73 Å². The minimum Gasteiger partial charge on any atom is -0.388 e. The number of nitrogens with zero attached hydrogens (tertiary/aromatic N) is 1. The average molecular weight is 286 g/mol. The summed E-state index contributed by atoms with van der Waals surface area (Å²) in [5, 5.41) is 8.67. The molecule has 0 radical (unpaired) electrons. The van der Waals surface area contributed by atoms with Gasteiger partial charge in [-0.2, -0.15) is 0 Å². The fourth-order valence-electron chi connectivity index (χ4n) is 1.96. The van der Waals surface area contributed by atoms with Crippen LogP contribution in [0.1, 0.15) is 24.8 Å². The summed E-state index contributed by atoms with van der Waals surface area (Å²) in [6.07, 6.45) is 3.06. The van der Waals surface area contributed by atoms with Gasteiger partial charge in [0.15, 0.2) is 0 Å². The zero-order valence-corrected chi connectivity index (χ0v) is 11.6. The van der Waals surface area contributed by atoms with Gasteiger partial charge in [-0.15, -0.1) is 0 Å². The number of halogens is 2. The molecule has 0 bridgehead atoms. The van der Waals surface area contributed by atoms with Crippen molar-refractivity contribution in [2.24, 2.45) is 5.73 Å². The molecule has 0 amide bonds. The number of nitrogens with two attached hydrogens (primary N) is 1. The minimum absolute atomic E-state index is 0.239. The molecule has 0 unspecified atom stereocenters. The molecular weight excluding hydrogens is 269 g/mol. The highest BCUT2D eigenvalue weighted by molar-refractivity contribution is 6.35. The second kappa shape index (κ2) is 5.91. The molecule has 1 aromatic rings. The summed E-state index contributed by atoms with van der Waals surface area (Å²) in [6, 6.07) is 6.22. The van der Waals surface area contributed by atoms with Crippen LogP contribution in [-0.4, -0.2) is 23.3 Å². The first kappa shape index (κ1) is 13.7. The molecule has 1 aromatic carbocycles. The first-order chi connectivity index (χ1) is 8.56. The van der Waals surface area contributed by atoms with Crippen LogP contribution >= 0.6 is 23.2 Å². The first-order valence-corrected chi connectivity index (χ1v) is 6.82. The normalized spacial score (nSPS) is 15.1. The average Bonchev–Trinajstić information content (AvgIpc) is 3.10. The van der Waals surface area contributed by atoms with Crippen LogP contribution in [0.3, 0.4) is 0 Å². The van der Waals surface area contributed by atoms with Gasteiger partial charge in [0.25, 0.3) is 0 Å². The van der Waals surface area contributed by atoms with E-state index in [9.17, 15) is 0 Å². The Morgan fingerprint density at radius 3 is 2.67 bits per heavy atom. The topological polar surface area (TPSA) is 53.1 Å². The van der Waals surface area contributed by atoms with Crippen LogP contribution in [-0.2, 0) is 6.54 Å². The van der Waals surface area contributed by atoms with E-state index in [2.05, 4.69) is 4.90 Å². The van der Waals surface area contributed by atoms with Gasteiger partial charge in [0.1, 0.15) is 0 Å². The second-order valence-corrected chi connectivity index (χ2v) is 5.56. The van der Waals surface area contributed by atoms with Crippen molar-refractivity contribution in [3.05, 3.63) is 33.8 Å². The van der Waals surface area contributed by atoms with E-state index in [-0.39, 0.29) is 5.84 Å². The maximum Gasteiger partial charge on any atom is 0.0918 e. The summed E-state index contributed by atoms with van der Waals surface area (Å²) in [4.78, 5) is 2.34. The minimum atomic E-state index is 0.239. The first-order valence-electron chi connectivity index (χ1n) is 6.07. The van der Waals surface area contributed by atoms with Gasteiger partial charge in [0, 0.05) is 35.6 Å².